The molecule has 2 rings (SSSR count). The highest BCUT2D eigenvalue weighted by Crippen LogP contribution is 2.30. The van der Waals surface area contributed by atoms with Gasteiger partial charge in [0, 0.05) is 11.3 Å². The van der Waals surface area contributed by atoms with E-state index in [0.29, 0.717) is 11.3 Å². The maximum Gasteiger partial charge on any atom is 0.157 e. The molecule has 1 aliphatic heterocycles. The van der Waals surface area contributed by atoms with Gasteiger partial charge in [-0.15, -0.1) is 0 Å². The smallest absolute Gasteiger partial charge is 0.157 e. The van der Waals surface area contributed by atoms with Crippen LogP contribution in [0.2, 0.25) is 0 Å². The van der Waals surface area contributed by atoms with Crippen molar-refractivity contribution in [3.63, 3.8) is 0 Å². The number of amidine groups is 1. The molecule has 0 bridgehead atoms. The molecule has 1 saturated carbocycles. The molecule has 0 saturated heterocycles. The molecule has 0 radical (unpaired) electrons. The number of hydrogen-bond donors (Lipinski definition) is 1. The molecular weight excluding hydrogens is 192 g/mol. The first-order chi connectivity index (χ1) is 6.65. The van der Waals surface area contributed by atoms with Crippen LogP contribution < -0.4 is 5.32 Å². The van der Waals surface area contributed by atoms with Gasteiger partial charge in [-0.25, -0.2) is 0 Å². The Morgan fingerprint density at radius 3 is 2.64 bits per heavy atom. The van der Waals surface area contributed by atoms with E-state index < -0.39 is 0 Å². The second kappa shape index (κ2) is 4.13. The zero-order valence-corrected chi connectivity index (χ0v) is 10.1. The summed E-state index contributed by atoms with van der Waals surface area (Å²) >= 11 is 1.94. The zero-order valence-electron chi connectivity index (χ0n) is 9.29. The molecule has 1 aliphatic carbocycles. The summed E-state index contributed by atoms with van der Waals surface area (Å²) in [6.45, 7) is 7.88. The Balaban J connectivity index is 1.73. The van der Waals surface area contributed by atoms with E-state index >= 15 is 0 Å². The summed E-state index contributed by atoms with van der Waals surface area (Å²) in [5, 5.41) is 5.44. The molecule has 0 aromatic rings. The van der Waals surface area contributed by atoms with E-state index in [1.807, 2.05) is 11.8 Å². The standard InChI is InChI=1S/C11H20N2S/c1-7(2)10-6-12-11(14-10)13-9-4-8(3)5-9/h7-10H,4-6H2,1-3H3,(H,12,13). The predicted octanol–water partition coefficient (Wildman–Crippen LogP) is 2.50. The van der Waals surface area contributed by atoms with Gasteiger partial charge >= 0.3 is 0 Å². The Bertz CT molecular complexity index is 231. The van der Waals surface area contributed by atoms with Gasteiger partial charge in [-0.2, -0.15) is 0 Å². The SMILES string of the molecule is CC1CC(NC2=NCC(C(C)C)S2)C1. The molecule has 14 heavy (non-hydrogen) atoms. The van der Waals surface area contributed by atoms with Crippen molar-refractivity contribution in [2.45, 2.75) is 44.9 Å². The Morgan fingerprint density at radius 2 is 2.14 bits per heavy atom. The Labute approximate surface area is 90.9 Å². The Morgan fingerprint density at radius 1 is 1.43 bits per heavy atom. The van der Waals surface area contributed by atoms with E-state index in [4.69, 9.17) is 0 Å². The van der Waals surface area contributed by atoms with E-state index in [1.54, 1.807) is 0 Å². The summed E-state index contributed by atoms with van der Waals surface area (Å²) in [6, 6.07) is 0.710. The van der Waals surface area contributed by atoms with Crippen LogP contribution in [0.4, 0.5) is 0 Å². The van der Waals surface area contributed by atoms with Crippen molar-refractivity contribution >= 4 is 16.9 Å². The lowest BCUT2D eigenvalue weighted by molar-refractivity contribution is 0.269. The summed E-state index contributed by atoms with van der Waals surface area (Å²) in [5.41, 5.74) is 0. The molecular formula is C11H20N2S. The summed E-state index contributed by atoms with van der Waals surface area (Å²) in [4.78, 5) is 4.55. The average molecular weight is 212 g/mol. The fourth-order valence-corrected chi connectivity index (χ4v) is 3.10. The second-order valence-corrected chi connectivity index (χ2v) is 6.19. The molecule has 0 aromatic heterocycles. The van der Waals surface area contributed by atoms with E-state index in [1.165, 1.54) is 18.0 Å². The van der Waals surface area contributed by atoms with Crippen molar-refractivity contribution < 1.29 is 0 Å². The molecule has 2 aliphatic rings. The van der Waals surface area contributed by atoms with Crippen molar-refractivity contribution in [3.05, 3.63) is 0 Å². The van der Waals surface area contributed by atoms with Gasteiger partial charge in [0.2, 0.25) is 0 Å². The maximum absolute atomic E-state index is 4.55. The topological polar surface area (TPSA) is 24.4 Å². The molecule has 1 N–H and O–H groups in total. The van der Waals surface area contributed by atoms with Crippen LogP contribution in [-0.4, -0.2) is 23.0 Å². The molecule has 2 nitrogen and oxygen atoms in total. The molecule has 1 heterocycles. The predicted molar refractivity (Wildman–Crippen MR) is 63.8 cm³/mol. The van der Waals surface area contributed by atoms with E-state index in [-0.39, 0.29) is 0 Å². The number of nitrogens with zero attached hydrogens (tertiary/aromatic N) is 1. The quantitative estimate of drug-likeness (QED) is 0.760. The van der Waals surface area contributed by atoms with Gasteiger partial charge in [0.05, 0.1) is 6.54 Å². The normalized spacial score (nSPS) is 36.9. The van der Waals surface area contributed by atoms with Crippen molar-refractivity contribution in [2.24, 2.45) is 16.8 Å². The minimum Gasteiger partial charge on any atom is -0.362 e. The van der Waals surface area contributed by atoms with Crippen LogP contribution in [0.5, 0.6) is 0 Å². The van der Waals surface area contributed by atoms with Crippen LogP contribution in [0.15, 0.2) is 4.99 Å². The maximum atomic E-state index is 4.55. The minimum absolute atomic E-state index is 0.704. The van der Waals surface area contributed by atoms with Crippen molar-refractivity contribution in [2.75, 3.05) is 6.54 Å². The van der Waals surface area contributed by atoms with Gasteiger partial charge in [-0.05, 0) is 24.7 Å². The number of rotatable bonds is 2. The van der Waals surface area contributed by atoms with Crippen LogP contribution >= 0.6 is 11.8 Å². The third kappa shape index (κ3) is 2.25. The summed E-state index contributed by atoms with van der Waals surface area (Å²) in [5.74, 6) is 1.66. The molecule has 0 amide bonds. The number of nitrogens with one attached hydrogen (secondary N) is 1. The molecule has 0 aromatic carbocycles. The van der Waals surface area contributed by atoms with Crippen molar-refractivity contribution in [1.82, 2.24) is 5.32 Å². The fourth-order valence-electron chi connectivity index (χ4n) is 2.01. The number of thioether (sulfide) groups is 1. The highest BCUT2D eigenvalue weighted by atomic mass is 32.2. The monoisotopic (exact) mass is 212 g/mol. The summed E-state index contributed by atoms with van der Waals surface area (Å²) < 4.78 is 0. The molecule has 1 unspecified atom stereocenters. The third-order valence-corrected chi connectivity index (χ3v) is 4.59. The van der Waals surface area contributed by atoms with Crippen LogP contribution in [0.1, 0.15) is 33.6 Å². The Hall–Kier alpha value is -0.180. The van der Waals surface area contributed by atoms with Gasteiger partial charge in [-0.3, -0.25) is 4.99 Å². The highest BCUT2D eigenvalue weighted by molar-refractivity contribution is 8.14. The van der Waals surface area contributed by atoms with Crippen LogP contribution in [0.25, 0.3) is 0 Å². The number of aliphatic imine (C=N–C) groups is 1. The molecule has 1 fully saturated rings. The summed E-state index contributed by atoms with van der Waals surface area (Å²) in [7, 11) is 0. The van der Waals surface area contributed by atoms with E-state index in [2.05, 4.69) is 31.1 Å². The highest BCUT2D eigenvalue weighted by Gasteiger charge is 2.29. The first-order valence-corrected chi connectivity index (χ1v) is 6.50. The second-order valence-electron chi connectivity index (χ2n) is 4.96. The first-order valence-electron chi connectivity index (χ1n) is 5.62. The molecule has 0 spiro atoms. The van der Waals surface area contributed by atoms with Crippen LogP contribution in [-0.2, 0) is 0 Å². The average Bonchev–Trinajstić information content (AvgIpc) is 2.50. The largest absolute Gasteiger partial charge is 0.362 e. The third-order valence-electron chi connectivity index (χ3n) is 3.12. The van der Waals surface area contributed by atoms with Gasteiger partial charge in [0.15, 0.2) is 5.17 Å². The van der Waals surface area contributed by atoms with Gasteiger partial charge in [0.25, 0.3) is 0 Å². The van der Waals surface area contributed by atoms with E-state index in [0.717, 1.165) is 18.4 Å². The zero-order chi connectivity index (χ0) is 10.1. The van der Waals surface area contributed by atoms with Gasteiger partial charge in [0.1, 0.15) is 0 Å². The lowest BCUT2D eigenvalue weighted by Crippen LogP contribution is -2.42. The molecule has 80 valence electrons. The van der Waals surface area contributed by atoms with Crippen molar-refractivity contribution in [1.29, 1.82) is 0 Å². The Kier molecular flexibility index (Phi) is 3.05. The fraction of sp³-hybridized carbons (Fsp3) is 0.909. The van der Waals surface area contributed by atoms with Crippen molar-refractivity contribution in [3.8, 4) is 0 Å². The molecule has 3 heteroatoms. The summed E-state index contributed by atoms with van der Waals surface area (Å²) in [6.07, 6.45) is 2.65. The van der Waals surface area contributed by atoms with Gasteiger partial charge < -0.3 is 5.32 Å². The minimum atomic E-state index is 0.704. The lowest BCUT2D eigenvalue weighted by Gasteiger charge is -2.33. The van der Waals surface area contributed by atoms with Gasteiger partial charge in [-0.1, -0.05) is 32.5 Å². The van der Waals surface area contributed by atoms with Crippen LogP contribution in [0.3, 0.4) is 0 Å². The lowest BCUT2D eigenvalue weighted by atomic mass is 9.82. The van der Waals surface area contributed by atoms with E-state index in [9.17, 15) is 0 Å². The first kappa shape index (κ1) is 10.3. The van der Waals surface area contributed by atoms with Crippen LogP contribution in [0, 0.1) is 11.8 Å². The molecule has 1 atom stereocenters. The number of hydrogen-bond acceptors (Lipinski definition) is 3.